The van der Waals surface area contributed by atoms with Gasteiger partial charge in [0.1, 0.15) is 22.3 Å². The molecule has 0 aliphatic heterocycles. The maximum atomic E-state index is 13.3. The van der Waals surface area contributed by atoms with Crippen LogP contribution in [0.2, 0.25) is 0 Å². The molecule has 0 saturated carbocycles. The van der Waals surface area contributed by atoms with Gasteiger partial charge in [-0.3, -0.25) is 4.79 Å². The molecule has 198 valence electrons. The number of rotatable bonds is 3. The highest BCUT2D eigenvalue weighted by atomic mass is 32.1. The molecule has 3 heterocycles. The van der Waals surface area contributed by atoms with Crippen LogP contribution in [0.3, 0.4) is 0 Å². The molecule has 3 aromatic heterocycles. The number of hydrogen-bond acceptors (Lipinski definition) is 5. The zero-order chi connectivity index (χ0) is 27.8. The summed E-state index contributed by atoms with van der Waals surface area (Å²) in [7, 11) is 0. The van der Waals surface area contributed by atoms with E-state index in [0.717, 1.165) is 49.1 Å². The van der Waals surface area contributed by atoms with Gasteiger partial charge < -0.3 is 13.7 Å². The molecule has 0 bridgehead atoms. The van der Waals surface area contributed by atoms with Crippen molar-refractivity contribution in [2.24, 2.45) is 0 Å². The molecule has 4 nitrogen and oxygen atoms in total. The summed E-state index contributed by atoms with van der Waals surface area (Å²) in [6.45, 7) is 0. The van der Waals surface area contributed by atoms with Gasteiger partial charge in [-0.2, -0.15) is 0 Å². The molecular formula is C37H21NO3S. The monoisotopic (exact) mass is 559 g/mol. The van der Waals surface area contributed by atoms with Crippen molar-refractivity contribution in [3.05, 3.63) is 138 Å². The maximum absolute atomic E-state index is 13.3. The Morgan fingerprint density at radius 3 is 2.02 bits per heavy atom. The average molecular weight is 560 g/mol. The van der Waals surface area contributed by atoms with Crippen LogP contribution in [-0.2, 0) is 0 Å². The molecule has 0 N–H and O–H groups in total. The third-order valence-corrected chi connectivity index (χ3v) is 9.24. The Labute approximate surface area is 243 Å². The zero-order valence-corrected chi connectivity index (χ0v) is 23.0. The minimum Gasteiger partial charge on any atom is -0.456 e. The van der Waals surface area contributed by atoms with Gasteiger partial charge in [0, 0.05) is 43.7 Å². The first kappa shape index (κ1) is 23.3. The Morgan fingerprint density at radius 1 is 0.524 bits per heavy atom. The van der Waals surface area contributed by atoms with E-state index in [-0.39, 0.29) is 5.43 Å². The molecule has 0 atom stereocenters. The third kappa shape index (κ3) is 3.31. The molecule has 0 unspecified atom stereocenters. The number of hydrogen-bond donors (Lipinski definition) is 0. The SMILES string of the molecule is O=c1c2ccccc2oc2cc(N(c3ccccc3)c3cc4c5ccccc5oc4c4c3sc3ccccc34)ccc12. The van der Waals surface area contributed by atoms with Crippen molar-refractivity contribution in [3.63, 3.8) is 0 Å². The van der Waals surface area contributed by atoms with Crippen LogP contribution in [0.1, 0.15) is 0 Å². The number of fused-ring (bicyclic) bond motifs is 9. The van der Waals surface area contributed by atoms with Crippen molar-refractivity contribution in [1.82, 2.24) is 0 Å². The van der Waals surface area contributed by atoms with Crippen LogP contribution in [0.5, 0.6) is 0 Å². The van der Waals surface area contributed by atoms with Gasteiger partial charge in [0.15, 0.2) is 0 Å². The first-order valence-corrected chi connectivity index (χ1v) is 14.6. The van der Waals surface area contributed by atoms with Crippen molar-refractivity contribution < 1.29 is 8.83 Å². The van der Waals surface area contributed by atoms with Gasteiger partial charge in [-0.1, -0.05) is 66.7 Å². The van der Waals surface area contributed by atoms with Gasteiger partial charge >= 0.3 is 0 Å². The Hall–Kier alpha value is -5.39. The molecule has 0 amide bonds. The van der Waals surface area contributed by atoms with Gasteiger partial charge in [-0.05, 0) is 54.6 Å². The molecule has 42 heavy (non-hydrogen) atoms. The largest absolute Gasteiger partial charge is 0.456 e. The van der Waals surface area contributed by atoms with E-state index < -0.39 is 0 Å². The van der Waals surface area contributed by atoms with E-state index in [1.54, 1.807) is 11.3 Å². The Morgan fingerprint density at radius 2 is 1.19 bits per heavy atom. The van der Waals surface area contributed by atoms with E-state index in [2.05, 4.69) is 59.5 Å². The van der Waals surface area contributed by atoms with Crippen LogP contribution < -0.4 is 10.3 Å². The van der Waals surface area contributed by atoms with Crippen molar-refractivity contribution >= 4 is 92.4 Å². The second-order valence-corrected chi connectivity index (χ2v) is 11.5. The summed E-state index contributed by atoms with van der Waals surface area (Å²) in [4.78, 5) is 15.6. The lowest BCUT2D eigenvalue weighted by molar-refractivity contribution is 0.660. The van der Waals surface area contributed by atoms with Crippen LogP contribution in [0, 0.1) is 0 Å². The van der Waals surface area contributed by atoms with Crippen LogP contribution in [0.15, 0.2) is 141 Å². The number of thiophene rings is 1. The predicted molar refractivity (Wildman–Crippen MR) is 175 cm³/mol. The fourth-order valence-corrected chi connectivity index (χ4v) is 7.35. The molecule has 0 radical (unpaired) electrons. The molecule has 0 aliphatic rings. The molecule has 9 rings (SSSR count). The molecule has 9 aromatic rings. The average Bonchev–Trinajstić information content (AvgIpc) is 3.61. The van der Waals surface area contributed by atoms with Crippen molar-refractivity contribution in [2.45, 2.75) is 0 Å². The minimum atomic E-state index is -0.0251. The van der Waals surface area contributed by atoms with E-state index in [0.29, 0.717) is 21.9 Å². The van der Waals surface area contributed by atoms with Crippen molar-refractivity contribution in [2.75, 3.05) is 4.90 Å². The summed E-state index contributed by atoms with van der Waals surface area (Å²) >= 11 is 1.76. The summed E-state index contributed by atoms with van der Waals surface area (Å²) in [5, 5.41) is 5.58. The van der Waals surface area contributed by atoms with Crippen LogP contribution in [0.4, 0.5) is 17.1 Å². The number of para-hydroxylation sites is 3. The first-order chi connectivity index (χ1) is 20.7. The summed E-state index contributed by atoms with van der Waals surface area (Å²) < 4.78 is 15.2. The van der Waals surface area contributed by atoms with Crippen LogP contribution in [0.25, 0.3) is 64.0 Å². The summed E-state index contributed by atoms with van der Waals surface area (Å²) in [5.74, 6) is 0. The lowest BCUT2D eigenvalue weighted by atomic mass is 10.0. The highest BCUT2D eigenvalue weighted by Crippen LogP contribution is 2.49. The number of furan rings is 1. The second-order valence-electron chi connectivity index (χ2n) is 10.5. The molecule has 0 fully saturated rings. The highest BCUT2D eigenvalue weighted by molar-refractivity contribution is 7.26. The van der Waals surface area contributed by atoms with Gasteiger partial charge in [0.05, 0.1) is 21.2 Å². The van der Waals surface area contributed by atoms with Gasteiger partial charge in [-0.15, -0.1) is 11.3 Å². The van der Waals surface area contributed by atoms with E-state index >= 15 is 0 Å². The molecule has 0 aliphatic carbocycles. The molecule has 6 aromatic carbocycles. The van der Waals surface area contributed by atoms with Gasteiger partial charge in [-0.25, -0.2) is 0 Å². The van der Waals surface area contributed by atoms with Crippen molar-refractivity contribution in [1.29, 1.82) is 0 Å². The van der Waals surface area contributed by atoms with E-state index in [9.17, 15) is 4.79 Å². The lowest BCUT2D eigenvalue weighted by Crippen LogP contribution is -2.11. The number of benzene rings is 6. The van der Waals surface area contributed by atoms with Gasteiger partial charge in [0.2, 0.25) is 5.43 Å². The maximum Gasteiger partial charge on any atom is 0.200 e. The summed E-state index contributed by atoms with van der Waals surface area (Å²) in [6, 6.07) is 42.6. The normalized spacial score (nSPS) is 11.9. The Balaban J connectivity index is 1.41. The number of nitrogens with zero attached hydrogens (tertiary/aromatic N) is 1. The Kier molecular flexibility index (Phi) is 4.89. The fourth-order valence-electron chi connectivity index (χ4n) is 6.15. The quantitative estimate of drug-likeness (QED) is 0.202. The van der Waals surface area contributed by atoms with Gasteiger partial charge in [0.25, 0.3) is 0 Å². The first-order valence-electron chi connectivity index (χ1n) is 13.8. The van der Waals surface area contributed by atoms with E-state index in [1.807, 2.05) is 72.8 Å². The highest BCUT2D eigenvalue weighted by Gasteiger charge is 2.23. The van der Waals surface area contributed by atoms with E-state index in [1.165, 1.54) is 10.1 Å². The molecule has 0 saturated heterocycles. The van der Waals surface area contributed by atoms with Crippen molar-refractivity contribution in [3.8, 4) is 0 Å². The lowest BCUT2D eigenvalue weighted by Gasteiger charge is -2.26. The van der Waals surface area contributed by atoms with Crippen LogP contribution >= 0.6 is 11.3 Å². The topological polar surface area (TPSA) is 46.6 Å². The molecular weight excluding hydrogens is 538 g/mol. The molecule has 0 spiro atoms. The smallest absolute Gasteiger partial charge is 0.200 e. The van der Waals surface area contributed by atoms with Crippen LogP contribution in [-0.4, -0.2) is 0 Å². The third-order valence-electron chi connectivity index (χ3n) is 8.05. The van der Waals surface area contributed by atoms with E-state index in [4.69, 9.17) is 8.83 Å². The summed E-state index contributed by atoms with van der Waals surface area (Å²) in [6.07, 6.45) is 0. The molecule has 5 heteroatoms. The minimum absolute atomic E-state index is 0.0251. The summed E-state index contributed by atoms with van der Waals surface area (Å²) in [5.41, 5.74) is 5.82. The predicted octanol–water partition coefficient (Wildman–Crippen LogP) is 10.7. The fraction of sp³-hybridized carbons (Fsp3) is 0. The second kappa shape index (κ2) is 8.80. The Bertz CT molecular complexity index is 2560. The standard InChI is InChI=1S/C37H21NO3S/c39-35-25-13-5-8-16-31(25)40-32-20-23(18-19-26(32)35)38(22-10-2-1-3-11-22)29-21-28-24-12-4-7-15-30(24)41-36(28)34-27-14-6-9-17-33(27)42-37(29)34/h1-21H. The number of anilines is 3. The zero-order valence-electron chi connectivity index (χ0n) is 22.2.